The molecule has 2 aliphatic rings. The van der Waals surface area contributed by atoms with Crippen LogP contribution in [0.4, 0.5) is 11.4 Å². The van der Waals surface area contributed by atoms with Gasteiger partial charge in [-0.15, -0.1) is 0 Å². The molecule has 2 aromatic rings. The van der Waals surface area contributed by atoms with Gasteiger partial charge in [0.1, 0.15) is 6.42 Å². The highest BCUT2D eigenvalue weighted by Crippen LogP contribution is 2.32. The van der Waals surface area contributed by atoms with E-state index in [9.17, 15) is 18.0 Å². The van der Waals surface area contributed by atoms with E-state index >= 15 is 0 Å². The quantitative estimate of drug-likeness (QED) is 0.675. The molecular formula is C17H15N3O6S. The molecule has 0 aliphatic carbocycles. The number of nitrogens with one attached hydrogen (secondary N) is 3. The average molecular weight is 389 g/mol. The van der Waals surface area contributed by atoms with Crippen LogP contribution in [0.5, 0.6) is 11.5 Å². The number of sulfonamides is 1. The molecule has 0 atom stereocenters. The zero-order chi connectivity index (χ0) is 19.0. The molecule has 2 amide bonds. The maximum atomic E-state index is 12.6. The van der Waals surface area contributed by atoms with Crippen LogP contribution >= 0.6 is 0 Å². The summed E-state index contributed by atoms with van der Waals surface area (Å²) in [5.74, 6) is 0.220. The van der Waals surface area contributed by atoms with Crippen LogP contribution in [-0.4, -0.2) is 27.0 Å². The van der Waals surface area contributed by atoms with Crippen molar-refractivity contribution in [1.82, 2.24) is 4.72 Å². The summed E-state index contributed by atoms with van der Waals surface area (Å²) in [5.41, 5.74) is 1.29. The van der Waals surface area contributed by atoms with Gasteiger partial charge in [0, 0.05) is 6.54 Å². The maximum absolute atomic E-state index is 12.6. The molecule has 9 nitrogen and oxygen atoms in total. The molecule has 140 valence electrons. The Bertz CT molecular complexity index is 1050. The minimum Gasteiger partial charge on any atom is -0.454 e. The predicted molar refractivity (Wildman–Crippen MR) is 94.9 cm³/mol. The zero-order valence-corrected chi connectivity index (χ0v) is 14.8. The van der Waals surface area contributed by atoms with Crippen molar-refractivity contribution in [1.29, 1.82) is 0 Å². The molecule has 0 aromatic heterocycles. The highest BCUT2D eigenvalue weighted by Gasteiger charge is 2.22. The van der Waals surface area contributed by atoms with Crippen molar-refractivity contribution in [2.45, 2.75) is 17.9 Å². The fraction of sp³-hybridized carbons (Fsp3) is 0.176. The van der Waals surface area contributed by atoms with E-state index in [0.717, 1.165) is 0 Å². The molecular weight excluding hydrogens is 374 g/mol. The Hall–Kier alpha value is -3.11. The van der Waals surface area contributed by atoms with Crippen LogP contribution < -0.4 is 24.8 Å². The maximum Gasteiger partial charge on any atom is 0.240 e. The molecule has 0 fully saturated rings. The minimum atomic E-state index is -3.84. The summed E-state index contributed by atoms with van der Waals surface area (Å²) in [4.78, 5) is 23.2. The van der Waals surface area contributed by atoms with E-state index in [-0.39, 0.29) is 30.3 Å². The Balaban J connectivity index is 1.54. The standard InChI is InChI=1S/C17H15N3O6S/c21-16-7-17(22)20-13-6-11(2-3-12(13)19-16)27(23,24)18-8-10-1-4-14-15(5-10)26-9-25-14/h1-6,18H,7-9H2,(H,19,21)(H,20,22). The van der Waals surface area contributed by atoms with E-state index in [1.807, 2.05) is 0 Å². The van der Waals surface area contributed by atoms with Crippen molar-refractivity contribution in [3.8, 4) is 11.5 Å². The first-order valence-electron chi connectivity index (χ1n) is 8.03. The molecule has 3 N–H and O–H groups in total. The van der Waals surface area contributed by atoms with Crippen LogP contribution in [0.2, 0.25) is 0 Å². The Morgan fingerprint density at radius 2 is 1.67 bits per heavy atom. The number of fused-ring (bicyclic) bond motifs is 2. The highest BCUT2D eigenvalue weighted by molar-refractivity contribution is 7.89. The smallest absolute Gasteiger partial charge is 0.240 e. The Kier molecular flexibility index (Phi) is 4.21. The van der Waals surface area contributed by atoms with Gasteiger partial charge in [-0.25, -0.2) is 13.1 Å². The molecule has 0 saturated heterocycles. The molecule has 2 aliphatic heterocycles. The molecule has 2 heterocycles. The lowest BCUT2D eigenvalue weighted by Crippen LogP contribution is -2.23. The first-order valence-corrected chi connectivity index (χ1v) is 9.51. The third-order valence-electron chi connectivity index (χ3n) is 4.07. The summed E-state index contributed by atoms with van der Waals surface area (Å²) >= 11 is 0. The fourth-order valence-corrected chi connectivity index (χ4v) is 3.79. The summed E-state index contributed by atoms with van der Waals surface area (Å²) in [6, 6.07) is 9.26. The second-order valence-corrected chi connectivity index (χ2v) is 7.76. The van der Waals surface area contributed by atoms with Gasteiger partial charge in [0.25, 0.3) is 0 Å². The van der Waals surface area contributed by atoms with Crippen LogP contribution in [0.1, 0.15) is 12.0 Å². The lowest BCUT2D eigenvalue weighted by atomic mass is 10.2. The largest absolute Gasteiger partial charge is 0.454 e. The number of carbonyl (C=O) groups excluding carboxylic acids is 2. The first-order chi connectivity index (χ1) is 12.9. The number of hydrogen-bond donors (Lipinski definition) is 3. The van der Waals surface area contributed by atoms with Gasteiger partial charge in [-0.3, -0.25) is 9.59 Å². The summed E-state index contributed by atoms with van der Waals surface area (Å²) < 4.78 is 38.2. The van der Waals surface area contributed by atoms with Crippen molar-refractivity contribution in [3.63, 3.8) is 0 Å². The number of carbonyl (C=O) groups is 2. The minimum absolute atomic E-state index is 0.0292. The molecule has 10 heteroatoms. The van der Waals surface area contributed by atoms with Crippen molar-refractivity contribution >= 4 is 33.2 Å². The van der Waals surface area contributed by atoms with E-state index in [1.54, 1.807) is 18.2 Å². The van der Waals surface area contributed by atoms with Gasteiger partial charge in [0.15, 0.2) is 11.5 Å². The van der Waals surface area contributed by atoms with Crippen molar-refractivity contribution in [2.75, 3.05) is 17.4 Å². The number of ether oxygens (including phenoxy) is 2. The predicted octanol–water partition coefficient (Wildman–Crippen LogP) is 1.17. The van der Waals surface area contributed by atoms with Crippen LogP contribution in [0.25, 0.3) is 0 Å². The average Bonchev–Trinajstić information content (AvgIpc) is 3.03. The molecule has 27 heavy (non-hydrogen) atoms. The van der Waals surface area contributed by atoms with Gasteiger partial charge in [-0.05, 0) is 35.9 Å². The number of amides is 2. The molecule has 0 spiro atoms. The van der Waals surface area contributed by atoms with E-state index in [2.05, 4.69) is 15.4 Å². The van der Waals surface area contributed by atoms with E-state index in [1.165, 1.54) is 18.2 Å². The normalized spacial score (nSPS) is 15.6. The molecule has 2 aromatic carbocycles. The molecule has 0 bridgehead atoms. The zero-order valence-electron chi connectivity index (χ0n) is 13.9. The Labute approximate surface area is 154 Å². The SMILES string of the molecule is O=C1CC(=O)Nc2cc(S(=O)(=O)NCc3ccc4c(c3)OCO4)ccc2N1. The topological polar surface area (TPSA) is 123 Å². The third kappa shape index (κ3) is 3.57. The van der Waals surface area contributed by atoms with Crippen molar-refractivity contribution in [2.24, 2.45) is 0 Å². The van der Waals surface area contributed by atoms with Crippen LogP contribution in [-0.2, 0) is 26.2 Å². The summed E-state index contributed by atoms with van der Waals surface area (Å²) in [5, 5.41) is 5.07. The summed E-state index contributed by atoms with van der Waals surface area (Å²) in [7, 11) is -3.84. The first kappa shape index (κ1) is 17.3. The van der Waals surface area contributed by atoms with Crippen molar-refractivity contribution in [3.05, 3.63) is 42.0 Å². The van der Waals surface area contributed by atoms with Gasteiger partial charge in [-0.2, -0.15) is 0 Å². The highest BCUT2D eigenvalue weighted by atomic mass is 32.2. The number of benzene rings is 2. The van der Waals surface area contributed by atoms with Gasteiger partial charge >= 0.3 is 0 Å². The third-order valence-corrected chi connectivity index (χ3v) is 5.47. The monoisotopic (exact) mass is 389 g/mol. The van der Waals surface area contributed by atoms with Crippen molar-refractivity contribution < 1.29 is 27.5 Å². The van der Waals surface area contributed by atoms with Gasteiger partial charge in [-0.1, -0.05) is 6.07 Å². The van der Waals surface area contributed by atoms with Crippen LogP contribution in [0, 0.1) is 0 Å². The summed E-state index contributed by atoms with van der Waals surface area (Å²) in [6.07, 6.45) is -0.320. The number of anilines is 2. The second-order valence-electron chi connectivity index (χ2n) is 5.99. The molecule has 4 rings (SSSR count). The fourth-order valence-electron chi connectivity index (χ4n) is 2.75. The molecule has 0 unspecified atom stereocenters. The Morgan fingerprint density at radius 3 is 2.48 bits per heavy atom. The van der Waals surface area contributed by atoms with E-state index in [4.69, 9.17) is 9.47 Å². The lowest BCUT2D eigenvalue weighted by molar-refractivity contribution is -0.123. The Morgan fingerprint density at radius 1 is 0.926 bits per heavy atom. The van der Waals surface area contributed by atoms with Gasteiger partial charge in [0.05, 0.1) is 16.3 Å². The molecule has 0 saturated carbocycles. The van der Waals surface area contributed by atoms with Gasteiger partial charge in [0.2, 0.25) is 28.6 Å². The van der Waals surface area contributed by atoms with Gasteiger partial charge < -0.3 is 20.1 Å². The molecule has 0 radical (unpaired) electrons. The second kappa shape index (κ2) is 6.56. The summed E-state index contributed by atoms with van der Waals surface area (Å²) in [6.45, 7) is 0.195. The van der Waals surface area contributed by atoms with Crippen LogP contribution in [0.3, 0.4) is 0 Å². The van der Waals surface area contributed by atoms with E-state index in [0.29, 0.717) is 22.7 Å². The number of hydrogen-bond acceptors (Lipinski definition) is 6. The number of rotatable bonds is 4. The lowest BCUT2D eigenvalue weighted by Gasteiger charge is -2.11. The van der Waals surface area contributed by atoms with Crippen LogP contribution in [0.15, 0.2) is 41.3 Å². The van der Waals surface area contributed by atoms with E-state index < -0.39 is 21.8 Å².